The molecular weight excluding hydrogens is 439 g/mol. The monoisotopic (exact) mass is 466 g/mol. The molecule has 1 aromatic carbocycles. The van der Waals surface area contributed by atoms with E-state index in [0.717, 1.165) is 10.4 Å². The summed E-state index contributed by atoms with van der Waals surface area (Å²) >= 11 is 5.70. The number of rotatable bonds is 9. The number of unbranched alkanes of at least 4 members (excludes halogenated alkanes) is 1. The SMILES string of the molecule is CC(C)N(CCCCNC(=O)OC(C)(C)C)S(=O)(=O)c1cc(C(=O)O)c(Cl)cc1F. The van der Waals surface area contributed by atoms with Gasteiger partial charge in [-0.25, -0.2) is 22.4 Å². The van der Waals surface area contributed by atoms with E-state index in [-0.39, 0.29) is 18.1 Å². The molecule has 0 unspecified atom stereocenters. The lowest BCUT2D eigenvalue weighted by molar-refractivity contribution is 0.0526. The summed E-state index contributed by atoms with van der Waals surface area (Å²) in [6.07, 6.45) is 0.274. The molecule has 170 valence electrons. The van der Waals surface area contributed by atoms with Crippen LogP contribution < -0.4 is 5.32 Å². The number of hydrogen-bond donors (Lipinski definition) is 2. The van der Waals surface area contributed by atoms with Crippen LogP contribution in [0.25, 0.3) is 0 Å². The molecule has 0 saturated carbocycles. The van der Waals surface area contributed by atoms with Gasteiger partial charge in [-0.05, 0) is 59.6 Å². The molecule has 8 nitrogen and oxygen atoms in total. The third-order valence-corrected chi connectivity index (χ3v) is 6.29. The maximum Gasteiger partial charge on any atom is 0.407 e. The molecule has 0 radical (unpaired) electrons. The summed E-state index contributed by atoms with van der Waals surface area (Å²) in [6, 6.07) is 0.910. The fraction of sp³-hybridized carbons (Fsp3) is 0.579. The van der Waals surface area contributed by atoms with Crippen LogP contribution in [0.5, 0.6) is 0 Å². The number of hydrogen-bond acceptors (Lipinski definition) is 5. The molecule has 0 aliphatic rings. The Labute approximate surface area is 181 Å². The second-order valence-corrected chi connectivity index (χ2v) is 10.2. The highest BCUT2D eigenvalue weighted by Crippen LogP contribution is 2.27. The van der Waals surface area contributed by atoms with E-state index >= 15 is 0 Å². The van der Waals surface area contributed by atoms with Crippen molar-refractivity contribution in [3.05, 3.63) is 28.5 Å². The molecule has 1 rings (SSSR count). The number of sulfonamides is 1. The number of ether oxygens (including phenoxy) is 1. The lowest BCUT2D eigenvalue weighted by atomic mass is 10.2. The first kappa shape index (κ1) is 26.1. The minimum atomic E-state index is -4.31. The van der Waals surface area contributed by atoms with Gasteiger partial charge in [-0.15, -0.1) is 0 Å². The summed E-state index contributed by atoms with van der Waals surface area (Å²) in [5.41, 5.74) is -1.12. The van der Waals surface area contributed by atoms with Gasteiger partial charge in [0.05, 0.1) is 10.6 Å². The van der Waals surface area contributed by atoms with E-state index in [1.165, 1.54) is 0 Å². The molecule has 0 saturated heterocycles. The van der Waals surface area contributed by atoms with E-state index in [1.807, 2.05) is 0 Å². The highest BCUT2D eigenvalue weighted by Gasteiger charge is 2.31. The largest absolute Gasteiger partial charge is 0.478 e. The van der Waals surface area contributed by atoms with Crippen molar-refractivity contribution in [2.75, 3.05) is 13.1 Å². The summed E-state index contributed by atoms with van der Waals surface area (Å²) < 4.78 is 46.5. The van der Waals surface area contributed by atoms with Crippen molar-refractivity contribution in [2.45, 2.75) is 64.0 Å². The predicted octanol–water partition coefficient (Wildman–Crippen LogP) is 3.88. The molecule has 0 aromatic heterocycles. The van der Waals surface area contributed by atoms with Crippen LogP contribution in [0.1, 0.15) is 57.8 Å². The number of carbonyl (C=O) groups is 2. The van der Waals surface area contributed by atoms with Crippen LogP contribution >= 0.6 is 11.6 Å². The van der Waals surface area contributed by atoms with Gasteiger partial charge in [-0.3, -0.25) is 0 Å². The average molecular weight is 467 g/mol. The third kappa shape index (κ3) is 7.41. The molecule has 1 aromatic rings. The lowest BCUT2D eigenvalue weighted by Crippen LogP contribution is -2.38. The van der Waals surface area contributed by atoms with Crippen molar-refractivity contribution in [1.29, 1.82) is 0 Å². The highest BCUT2D eigenvalue weighted by molar-refractivity contribution is 7.89. The first-order valence-corrected chi connectivity index (χ1v) is 11.2. The van der Waals surface area contributed by atoms with Gasteiger partial charge in [0.15, 0.2) is 0 Å². The fourth-order valence-electron chi connectivity index (χ4n) is 2.57. The molecular formula is C19H28ClFN2O6S. The van der Waals surface area contributed by atoms with Gasteiger partial charge in [0.25, 0.3) is 0 Å². The number of amides is 1. The molecule has 2 N–H and O–H groups in total. The fourth-order valence-corrected chi connectivity index (χ4v) is 4.55. The van der Waals surface area contributed by atoms with Crippen LogP contribution in [0.15, 0.2) is 17.0 Å². The van der Waals surface area contributed by atoms with Gasteiger partial charge < -0.3 is 15.2 Å². The molecule has 0 bridgehead atoms. The van der Waals surface area contributed by atoms with Gasteiger partial charge in [0.1, 0.15) is 16.3 Å². The maximum atomic E-state index is 14.3. The van der Waals surface area contributed by atoms with E-state index in [1.54, 1.807) is 34.6 Å². The zero-order valence-corrected chi connectivity index (χ0v) is 19.2. The van der Waals surface area contributed by atoms with Crippen molar-refractivity contribution in [3.8, 4) is 0 Å². The topological polar surface area (TPSA) is 113 Å². The number of carboxylic acid groups (broad SMARTS) is 1. The van der Waals surface area contributed by atoms with Crippen molar-refractivity contribution in [1.82, 2.24) is 9.62 Å². The molecule has 11 heteroatoms. The highest BCUT2D eigenvalue weighted by atomic mass is 35.5. The quantitative estimate of drug-likeness (QED) is 0.534. The predicted molar refractivity (Wildman–Crippen MR) is 111 cm³/mol. The summed E-state index contributed by atoms with van der Waals surface area (Å²) in [7, 11) is -4.31. The van der Waals surface area contributed by atoms with Gasteiger partial charge >= 0.3 is 12.1 Å². The Morgan fingerprint density at radius 2 is 1.87 bits per heavy atom. The number of nitrogens with one attached hydrogen (secondary N) is 1. The number of halogens is 2. The number of alkyl carbamates (subject to hydrolysis) is 1. The number of carbonyl (C=O) groups excluding carboxylic acids is 1. The van der Waals surface area contributed by atoms with Crippen LogP contribution in [0, 0.1) is 5.82 Å². The molecule has 0 fully saturated rings. The van der Waals surface area contributed by atoms with Gasteiger partial charge in [0.2, 0.25) is 10.0 Å². The first-order valence-electron chi connectivity index (χ1n) is 9.38. The van der Waals surface area contributed by atoms with E-state index < -0.39 is 50.0 Å². The molecule has 0 atom stereocenters. The van der Waals surface area contributed by atoms with E-state index in [2.05, 4.69) is 5.32 Å². The smallest absolute Gasteiger partial charge is 0.407 e. The number of nitrogens with zero attached hydrogens (tertiary/aromatic N) is 1. The summed E-state index contributed by atoms with van der Waals surface area (Å²) in [6.45, 7) is 8.81. The third-order valence-electron chi connectivity index (χ3n) is 3.89. The minimum absolute atomic E-state index is 0.0560. The minimum Gasteiger partial charge on any atom is -0.478 e. The number of carboxylic acids is 1. The van der Waals surface area contributed by atoms with Crippen LogP contribution in [0.3, 0.4) is 0 Å². The lowest BCUT2D eigenvalue weighted by Gasteiger charge is -2.26. The van der Waals surface area contributed by atoms with Gasteiger partial charge in [-0.2, -0.15) is 4.31 Å². The zero-order chi connectivity index (χ0) is 23.3. The number of aromatic carboxylic acids is 1. The van der Waals surface area contributed by atoms with Crippen molar-refractivity contribution < 1.29 is 32.2 Å². The van der Waals surface area contributed by atoms with Gasteiger partial charge in [-0.1, -0.05) is 11.6 Å². The Morgan fingerprint density at radius 3 is 2.37 bits per heavy atom. The standard InChI is InChI=1S/C19H28ClFN2O6S/c1-12(2)23(9-7-6-8-22-18(26)29-19(3,4)5)30(27,28)16-10-13(17(24)25)14(20)11-15(16)21/h10-12H,6-9H2,1-5H3,(H,22,26)(H,24,25). The normalized spacial score (nSPS) is 12.3. The zero-order valence-electron chi connectivity index (χ0n) is 17.7. The molecule has 30 heavy (non-hydrogen) atoms. The van der Waals surface area contributed by atoms with Crippen LogP contribution in [0.2, 0.25) is 5.02 Å². The van der Waals surface area contributed by atoms with E-state index in [0.29, 0.717) is 18.9 Å². The van der Waals surface area contributed by atoms with Crippen LogP contribution in [0.4, 0.5) is 9.18 Å². The first-order chi connectivity index (χ1) is 13.7. The van der Waals surface area contributed by atoms with E-state index in [4.69, 9.17) is 21.4 Å². The molecule has 0 heterocycles. The second kappa shape index (κ2) is 10.4. The maximum absolute atomic E-state index is 14.3. The Kier molecular flexibility index (Phi) is 9.06. The Morgan fingerprint density at radius 1 is 1.27 bits per heavy atom. The Hall–Kier alpha value is -1.91. The number of benzene rings is 1. The van der Waals surface area contributed by atoms with Crippen LogP contribution in [-0.2, 0) is 14.8 Å². The van der Waals surface area contributed by atoms with Crippen molar-refractivity contribution in [3.63, 3.8) is 0 Å². The molecule has 0 spiro atoms. The van der Waals surface area contributed by atoms with E-state index in [9.17, 15) is 22.4 Å². The summed E-state index contributed by atoms with van der Waals surface area (Å²) in [5, 5.41) is 11.3. The van der Waals surface area contributed by atoms with Gasteiger partial charge in [0, 0.05) is 19.1 Å². The Bertz CT molecular complexity index is 884. The molecule has 0 aliphatic heterocycles. The van der Waals surface area contributed by atoms with Crippen molar-refractivity contribution in [2.24, 2.45) is 0 Å². The van der Waals surface area contributed by atoms with Crippen LogP contribution in [-0.4, -0.2) is 54.6 Å². The Balaban J connectivity index is 2.87. The van der Waals surface area contributed by atoms with Crippen molar-refractivity contribution >= 4 is 33.7 Å². The summed E-state index contributed by atoms with van der Waals surface area (Å²) in [4.78, 5) is 22.1. The molecule has 0 aliphatic carbocycles. The average Bonchev–Trinajstić information content (AvgIpc) is 2.55. The summed E-state index contributed by atoms with van der Waals surface area (Å²) in [5.74, 6) is -2.58. The second-order valence-electron chi connectivity index (χ2n) is 7.91. The molecule has 1 amide bonds.